The predicted octanol–water partition coefficient (Wildman–Crippen LogP) is 3.54. The summed E-state index contributed by atoms with van der Waals surface area (Å²) in [7, 11) is -3.88. The molecule has 1 aliphatic rings. The van der Waals surface area contributed by atoms with Crippen LogP contribution in [-0.2, 0) is 27.8 Å². The average molecular weight is 498 g/mol. The summed E-state index contributed by atoms with van der Waals surface area (Å²) >= 11 is 1.62. The first-order valence-electron chi connectivity index (χ1n) is 8.81. The average Bonchev–Trinajstić information content (AvgIpc) is 2.59. The Balaban J connectivity index is 1.78. The van der Waals surface area contributed by atoms with E-state index in [4.69, 9.17) is 0 Å². The maximum absolute atomic E-state index is 13.0. The van der Waals surface area contributed by atoms with Gasteiger partial charge in [0.1, 0.15) is 0 Å². The number of hydrogen-bond donors (Lipinski definition) is 0. The molecule has 27 heavy (non-hydrogen) atoms. The highest BCUT2D eigenvalue weighted by Crippen LogP contribution is 2.28. The highest BCUT2D eigenvalue weighted by Gasteiger charge is 2.31. The molecule has 0 saturated carbocycles. The van der Waals surface area contributed by atoms with Crippen LogP contribution in [0.5, 0.6) is 0 Å². The molecule has 2 aromatic rings. The molecule has 0 spiro atoms. The van der Waals surface area contributed by atoms with Gasteiger partial charge in [-0.3, -0.25) is 9.69 Å². The SMILES string of the molecule is Cc1cc(C)c(S(=O)(=O)N(I)C(=O)CN2CCc3ccccc3C2)c(C)c1. The lowest BCUT2D eigenvalue weighted by molar-refractivity contribution is -0.123. The molecule has 7 heteroatoms. The summed E-state index contributed by atoms with van der Waals surface area (Å²) in [6.45, 7) is 6.95. The summed E-state index contributed by atoms with van der Waals surface area (Å²) in [5, 5.41) is 0. The van der Waals surface area contributed by atoms with Crippen LogP contribution < -0.4 is 0 Å². The maximum atomic E-state index is 13.0. The second-order valence-electron chi connectivity index (χ2n) is 7.07. The van der Waals surface area contributed by atoms with Gasteiger partial charge < -0.3 is 0 Å². The second kappa shape index (κ2) is 7.89. The van der Waals surface area contributed by atoms with Gasteiger partial charge >= 0.3 is 0 Å². The molecule has 0 bridgehead atoms. The van der Waals surface area contributed by atoms with E-state index in [1.807, 2.05) is 36.1 Å². The van der Waals surface area contributed by atoms with Crippen molar-refractivity contribution in [1.82, 2.24) is 7.42 Å². The molecule has 3 rings (SSSR count). The van der Waals surface area contributed by atoms with Gasteiger partial charge in [-0.05, 0) is 49.4 Å². The van der Waals surface area contributed by atoms with Crippen molar-refractivity contribution in [2.24, 2.45) is 0 Å². The van der Waals surface area contributed by atoms with Crippen molar-refractivity contribution < 1.29 is 13.2 Å². The third-order valence-electron chi connectivity index (χ3n) is 4.84. The summed E-state index contributed by atoms with van der Waals surface area (Å²) in [5.41, 5.74) is 4.82. The first-order valence-corrected chi connectivity index (χ1v) is 11.2. The monoisotopic (exact) mass is 498 g/mol. The normalized spacial score (nSPS) is 14.7. The van der Waals surface area contributed by atoms with Crippen LogP contribution in [0.2, 0.25) is 0 Å². The molecule has 0 atom stereocenters. The number of hydrogen-bond acceptors (Lipinski definition) is 4. The summed E-state index contributed by atoms with van der Waals surface area (Å²) in [5.74, 6) is -0.422. The van der Waals surface area contributed by atoms with Gasteiger partial charge in [0.2, 0.25) is 0 Å². The number of carbonyl (C=O) groups is 1. The second-order valence-corrected chi connectivity index (χ2v) is 10.4. The smallest absolute Gasteiger partial charge is 0.275 e. The summed E-state index contributed by atoms with van der Waals surface area (Å²) < 4.78 is 27.0. The van der Waals surface area contributed by atoms with Gasteiger partial charge in [0.05, 0.1) is 34.3 Å². The number of sulfonamides is 1. The molecule has 0 radical (unpaired) electrons. The lowest BCUT2D eigenvalue weighted by atomic mass is 10.00. The Bertz CT molecular complexity index is 965. The first kappa shape index (κ1) is 20.3. The van der Waals surface area contributed by atoms with Crippen LogP contribution in [0.25, 0.3) is 0 Å². The molecule has 0 aliphatic carbocycles. The molecule has 144 valence electrons. The topological polar surface area (TPSA) is 57.7 Å². The number of nitrogens with zero attached hydrogens (tertiary/aromatic N) is 2. The molecule has 0 fully saturated rings. The Labute approximate surface area is 174 Å². The quantitative estimate of drug-likeness (QED) is 0.478. The molecule has 0 saturated heterocycles. The van der Waals surface area contributed by atoms with Gasteiger partial charge in [0.15, 0.2) is 0 Å². The molecule has 5 nitrogen and oxygen atoms in total. The largest absolute Gasteiger partial charge is 0.290 e. The lowest BCUT2D eigenvalue weighted by Crippen LogP contribution is -2.40. The number of amides is 1. The fraction of sp³-hybridized carbons (Fsp3) is 0.350. The number of benzene rings is 2. The third-order valence-corrected chi connectivity index (χ3v) is 8.72. The Morgan fingerprint density at radius 2 is 1.70 bits per heavy atom. The number of carbonyl (C=O) groups excluding carboxylic acids is 1. The number of fused-ring (bicyclic) bond motifs is 1. The van der Waals surface area contributed by atoms with Crippen molar-refractivity contribution in [2.45, 2.75) is 38.6 Å². The van der Waals surface area contributed by atoms with E-state index in [1.54, 1.807) is 36.7 Å². The van der Waals surface area contributed by atoms with E-state index >= 15 is 0 Å². The zero-order valence-corrected chi connectivity index (χ0v) is 18.7. The van der Waals surface area contributed by atoms with E-state index in [-0.39, 0.29) is 11.4 Å². The van der Waals surface area contributed by atoms with Crippen LogP contribution in [0.1, 0.15) is 27.8 Å². The first-order chi connectivity index (χ1) is 12.7. The van der Waals surface area contributed by atoms with E-state index in [2.05, 4.69) is 12.1 Å². The minimum atomic E-state index is -3.88. The van der Waals surface area contributed by atoms with E-state index < -0.39 is 15.9 Å². The van der Waals surface area contributed by atoms with E-state index in [9.17, 15) is 13.2 Å². The highest BCUT2D eigenvalue weighted by molar-refractivity contribution is 14.1. The van der Waals surface area contributed by atoms with E-state index in [1.165, 1.54) is 11.1 Å². The molecule has 0 aromatic heterocycles. The van der Waals surface area contributed by atoms with Gasteiger partial charge in [-0.15, -0.1) is 0 Å². The van der Waals surface area contributed by atoms with Gasteiger partial charge in [-0.25, -0.2) is 8.42 Å². The molecular weight excluding hydrogens is 475 g/mol. The Morgan fingerprint density at radius 1 is 1.11 bits per heavy atom. The molecule has 1 amide bonds. The van der Waals surface area contributed by atoms with Crippen LogP contribution in [0, 0.1) is 20.8 Å². The molecule has 0 unspecified atom stereocenters. The van der Waals surface area contributed by atoms with E-state index in [0.717, 1.165) is 21.0 Å². The van der Waals surface area contributed by atoms with Gasteiger partial charge in [0.25, 0.3) is 15.9 Å². The van der Waals surface area contributed by atoms with Crippen LogP contribution in [0.4, 0.5) is 0 Å². The van der Waals surface area contributed by atoms with Crippen LogP contribution in [-0.4, -0.2) is 34.8 Å². The van der Waals surface area contributed by atoms with Crippen LogP contribution in [0.15, 0.2) is 41.3 Å². The van der Waals surface area contributed by atoms with Crippen molar-refractivity contribution in [3.8, 4) is 0 Å². The van der Waals surface area contributed by atoms with Gasteiger partial charge in [-0.1, -0.05) is 42.0 Å². The van der Waals surface area contributed by atoms with Crippen LogP contribution in [0.3, 0.4) is 0 Å². The van der Waals surface area contributed by atoms with Crippen molar-refractivity contribution in [2.75, 3.05) is 13.1 Å². The molecule has 1 aliphatic heterocycles. The Hall–Kier alpha value is -1.45. The molecule has 0 N–H and O–H groups in total. The van der Waals surface area contributed by atoms with Crippen molar-refractivity contribution in [3.63, 3.8) is 0 Å². The van der Waals surface area contributed by atoms with Gasteiger partial charge in [0, 0.05) is 13.1 Å². The molecule has 1 heterocycles. The minimum Gasteiger partial charge on any atom is -0.290 e. The van der Waals surface area contributed by atoms with Crippen molar-refractivity contribution in [3.05, 3.63) is 64.2 Å². The summed E-state index contributed by atoms with van der Waals surface area (Å²) in [6.07, 6.45) is 0.869. The van der Waals surface area contributed by atoms with Crippen LogP contribution >= 0.6 is 22.9 Å². The summed E-state index contributed by atoms with van der Waals surface area (Å²) in [6, 6.07) is 11.8. The zero-order valence-electron chi connectivity index (χ0n) is 15.7. The Kier molecular flexibility index (Phi) is 5.93. The molecular formula is C20H23IN2O3S. The van der Waals surface area contributed by atoms with Gasteiger partial charge in [-0.2, -0.15) is 2.52 Å². The predicted molar refractivity (Wildman–Crippen MR) is 114 cm³/mol. The molecule has 2 aromatic carbocycles. The Morgan fingerprint density at radius 3 is 2.33 bits per heavy atom. The zero-order chi connectivity index (χ0) is 19.8. The maximum Gasteiger partial charge on any atom is 0.275 e. The standard InChI is InChI=1S/C20H23IN2O3S/c1-14-10-15(2)20(16(3)11-14)27(25,26)23(21)19(24)13-22-9-8-17-6-4-5-7-18(17)12-22/h4-7,10-11H,8-9,12-13H2,1-3H3. The minimum absolute atomic E-state index is 0.0838. The number of aryl methyl sites for hydroxylation is 3. The van der Waals surface area contributed by atoms with Crippen molar-refractivity contribution in [1.29, 1.82) is 0 Å². The highest BCUT2D eigenvalue weighted by atomic mass is 127. The fourth-order valence-electron chi connectivity index (χ4n) is 3.72. The lowest BCUT2D eigenvalue weighted by Gasteiger charge is -2.29. The summed E-state index contributed by atoms with van der Waals surface area (Å²) in [4.78, 5) is 15.0. The number of halogens is 1. The van der Waals surface area contributed by atoms with E-state index in [0.29, 0.717) is 17.7 Å². The third kappa shape index (κ3) is 4.20. The fourth-order valence-corrected chi connectivity index (χ4v) is 5.88. The number of rotatable bonds is 4. The van der Waals surface area contributed by atoms with Crippen molar-refractivity contribution >= 4 is 38.8 Å².